The number of aliphatic hydroxyl groups is 1. The molecular weight excluding hydrogens is 398 g/mol. The van der Waals surface area contributed by atoms with Crippen LogP contribution in [0.15, 0.2) is 45.3 Å². The second-order valence-corrected chi connectivity index (χ2v) is 10.2. The van der Waals surface area contributed by atoms with Crippen LogP contribution in [0.2, 0.25) is 0 Å². The highest BCUT2D eigenvalue weighted by molar-refractivity contribution is 7.89. The standard InChI is InChI=1S/C20H23NO3S3/c1-13-10-14(2)16(4)19(15(13)3)27(23,24)21-12-20(22,17-7-9-25-11-17)18-6-5-8-26-18/h5-11,21-22H,12H2,1-4H3. The molecule has 0 aliphatic heterocycles. The molecule has 0 saturated heterocycles. The quantitative estimate of drug-likeness (QED) is 0.625. The summed E-state index contributed by atoms with van der Waals surface area (Å²) in [6, 6.07) is 7.50. The third-order valence-corrected chi connectivity index (χ3v) is 8.39. The van der Waals surface area contributed by atoms with Crippen LogP contribution in [0, 0.1) is 27.7 Å². The van der Waals surface area contributed by atoms with Gasteiger partial charge in [0.1, 0.15) is 5.60 Å². The van der Waals surface area contributed by atoms with Crippen LogP contribution in [-0.2, 0) is 15.6 Å². The number of rotatable bonds is 6. The number of benzene rings is 1. The fourth-order valence-electron chi connectivity index (χ4n) is 3.20. The summed E-state index contributed by atoms with van der Waals surface area (Å²) in [5, 5.41) is 17.0. The first-order valence-corrected chi connectivity index (χ1v) is 11.8. The van der Waals surface area contributed by atoms with E-state index in [1.807, 2.05) is 68.1 Å². The Balaban J connectivity index is 2.00. The molecule has 144 valence electrons. The lowest BCUT2D eigenvalue weighted by atomic mass is 9.95. The van der Waals surface area contributed by atoms with Gasteiger partial charge >= 0.3 is 0 Å². The Hall–Kier alpha value is -1.51. The zero-order valence-electron chi connectivity index (χ0n) is 15.7. The van der Waals surface area contributed by atoms with Crippen LogP contribution in [0.25, 0.3) is 0 Å². The van der Waals surface area contributed by atoms with Crippen molar-refractivity contribution in [3.8, 4) is 0 Å². The van der Waals surface area contributed by atoms with Crippen molar-refractivity contribution in [1.29, 1.82) is 0 Å². The highest BCUT2D eigenvalue weighted by Crippen LogP contribution is 2.34. The number of aryl methyl sites for hydroxylation is 2. The van der Waals surface area contributed by atoms with Crippen LogP contribution >= 0.6 is 22.7 Å². The molecular formula is C20H23NO3S3. The van der Waals surface area contributed by atoms with E-state index in [4.69, 9.17) is 0 Å². The topological polar surface area (TPSA) is 66.4 Å². The van der Waals surface area contributed by atoms with Crippen molar-refractivity contribution in [3.05, 3.63) is 73.1 Å². The molecule has 1 atom stereocenters. The van der Waals surface area contributed by atoms with Gasteiger partial charge in [0.15, 0.2) is 0 Å². The van der Waals surface area contributed by atoms with Crippen LogP contribution in [0.4, 0.5) is 0 Å². The molecule has 7 heteroatoms. The van der Waals surface area contributed by atoms with Gasteiger partial charge in [0.2, 0.25) is 10.0 Å². The van der Waals surface area contributed by atoms with Crippen LogP contribution in [0.3, 0.4) is 0 Å². The summed E-state index contributed by atoms with van der Waals surface area (Å²) in [5.74, 6) is 0. The molecule has 4 nitrogen and oxygen atoms in total. The third-order valence-electron chi connectivity index (χ3n) is 5.01. The van der Waals surface area contributed by atoms with E-state index < -0.39 is 15.6 Å². The van der Waals surface area contributed by atoms with Crippen LogP contribution in [0.1, 0.15) is 32.7 Å². The van der Waals surface area contributed by atoms with Crippen molar-refractivity contribution in [2.45, 2.75) is 38.2 Å². The normalized spacial score (nSPS) is 14.3. The summed E-state index contributed by atoms with van der Waals surface area (Å²) in [7, 11) is -3.78. The predicted molar refractivity (Wildman–Crippen MR) is 112 cm³/mol. The van der Waals surface area contributed by atoms with Gasteiger partial charge in [-0.05, 0) is 78.2 Å². The first kappa shape index (κ1) is 20.2. The zero-order chi connectivity index (χ0) is 19.8. The highest BCUT2D eigenvalue weighted by Gasteiger charge is 2.35. The van der Waals surface area contributed by atoms with E-state index in [1.165, 1.54) is 22.7 Å². The maximum absolute atomic E-state index is 13.1. The lowest BCUT2D eigenvalue weighted by Gasteiger charge is -2.27. The molecule has 2 aromatic heterocycles. The Labute approximate surface area is 168 Å². The van der Waals surface area contributed by atoms with E-state index in [2.05, 4.69) is 4.72 Å². The molecule has 2 heterocycles. The Morgan fingerprint density at radius 3 is 2.26 bits per heavy atom. The number of sulfonamides is 1. The maximum Gasteiger partial charge on any atom is 0.241 e. The number of hydrogen-bond acceptors (Lipinski definition) is 5. The summed E-state index contributed by atoms with van der Waals surface area (Å²) in [4.78, 5) is 1.01. The fourth-order valence-corrected chi connectivity index (χ4v) is 6.44. The molecule has 0 fully saturated rings. The lowest BCUT2D eigenvalue weighted by molar-refractivity contribution is 0.0903. The minimum atomic E-state index is -3.78. The highest BCUT2D eigenvalue weighted by atomic mass is 32.2. The van der Waals surface area contributed by atoms with Crippen molar-refractivity contribution >= 4 is 32.7 Å². The van der Waals surface area contributed by atoms with Crippen LogP contribution < -0.4 is 4.72 Å². The van der Waals surface area contributed by atoms with Gasteiger partial charge < -0.3 is 5.11 Å². The van der Waals surface area contributed by atoms with Crippen molar-refractivity contribution in [3.63, 3.8) is 0 Å². The molecule has 0 amide bonds. The molecule has 0 aliphatic carbocycles. The van der Waals surface area contributed by atoms with Gasteiger partial charge in [0, 0.05) is 17.0 Å². The molecule has 0 aliphatic rings. The molecule has 1 aromatic carbocycles. The summed E-state index contributed by atoms with van der Waals surface area (Å²) in [6.07, 6.45) is 0. The molecule has 0 spiro atoms. The number of thiophene rings is 2. The fraction of sp³-hybridized carbons (Fsp3) is 0.300. The molecule has 0 saturated carbocycles. The van der Waals surface area contributed by atoms with Gasteiger partial charge in [-0.25, -0.2) is 13.1 Å². The predicted octanol–water partition coefficient (Wildman–Crippen LogP) is 4.26. The summed E-state index contributed by atoms with van der Waals surface area (Å²) < 4.78 is 29.0. The van der Waals surface area contributed by atoms with E-state index in [-0.39, 0.29) is 6.54 Å². The van der Waals surface area contributed by atoms with Gasteiger partial charge in [-0.3, -0.25) is 0 Å². The first-order valence-electron chi connectivity index (χ1n) is 8.53. The van der Waals surface area contributed by atoms with Gasteiger partial charge in [-0.1, -0.05) is 12.1 Å². The zero-order valence-corrected chi connectivity index (χ0v) is 18.2. The smallest absolute Gasteiger partial charge is 0.241 e. The van der Waals surface area contributed by atoms with E-state index >= 15 is 0 Å². The van der Waals surface area contributed by atoms with E-state index in [9.17, 15) is 13.5 Å². The first-order chi connectivity index (χ1) is 12.7. The number of hydrogen-bond donors (Lipinski definition) is 2. The number of nitrogens with one attached hydrogen (secondary N) is 1. The van der Waals surface area contributed by atoms with Crippen LogP contribution in [0.5, 0.6) is 0 Å². The van der Waals surface area contributed by atoms with Gasteiger partial charge in [0.05, 0.1) is 4.90 Å². The summed E-state index contributed by atoms with van der Waals surface area (Å²) in [6.45, 7) is 7.34. The second-order valence-electron chi connectivity index (χ2n) is 6.76. The van der Waals surface area contributed by atoms with Crippen molar-refractivity contribution < 1.29 is 13.5 Å². The molecule has 1 unspecified atom stereocenters. The Morgan fingerprint density at radius 2 is 1.74 bits per heavy atom. The average Bonchev–Trinajstić information content (AvgIpc) is 3.31. The monoisotopic (exact) mass is 421 g/mol. The van der Waals surface area contributed by atoms with Gasteiger partial charge in [0.25, 0.3) is 0 Å². The van der Waals surface area contributed by atoms with Crippen molar-refractivity contribution in [2.24, 2.45) is 0 Å². The van der Waals surface area contributed by atoms with E-state index in [0.29, 0.717) is 15.3 Å². The minimum absolute atomic E-state index is 0.127. The Morgan fingerprint density at radius 1 is 1.07 bits per heavy atom. The largest absolute Gasteiger partial charge is 0.378 e. The maximum atomic E-state index is 13.1. The van der Waals surface area contributed by atoms with E-state index in [1.54, 1.807) is 0 Å². The second kappa shape index (κ2) is 7.48. The third kappa shape index (κ3) is 3.75. The van der Waals surface area contributed by atoms with Gasteiger partial charge in [-0.2, -0.15) is 11.3 Å². The average molecular weight is 422 g/mol. The molecule has 2 N–H and O–H groups in total. The molecule has 3 rings (SSSR count). The SMILES string of the molecule is Cc1cc(C)c(C)c(S(=O)(=O)NCC(O)(c2ccsc2)c2cccs2)c1C. The van der Waals surface area contributed by atoms with Crippen molar-refractivity contribution in [2.75, 3.05) is 6.54 Å². The Kier molecular flexibility index (Phi) is 5.61. The van der Waals surface area contributed by atoms with Crippen molar-refractivity contribution in [1.82, 2.24) is 4.72 Å². The van der Waals surface area contributed by atoms with E-state index in [0.717, 1.165) is 22.3 Å². The molecule has 0 radical (unpaired) electrons. The molecule has 27 heavy (non-hydrogen) atoms. The summed E-state index contributed by atoms with van der Waals surface area (Å²) in [5.41, 5.74) is 2.63. The Bertz CT molecular complexity index is 976. The molecule has 3 aromatic rings. The lowest BCUT2D eigenvalue weighted by Crippen LogP contribution is -2.41. The van der Waals surface area contributed by atoms with Crippen LogP contribution in [-0.4, -0.2) is 20.1 Å². The van der Waals surface area contributed by atoms with Gasteiger partial charge in [-0.15, -0.1) is 11.3 Å². The minimum Gasteiger partial charge on any atom is -0.378 e. The molecule has 0 bridgehead atoms. The summed E-state index contributed by atoms with van der Waals surface area (Å²) >= 11 is 2.88.